The fourth-order valence-electron chi connectivity index (χ4n) is 14.6. The molecule has 1 aromatic carbocycles. The number of esters is 2. The van der Waals surface area contributed by atoms with Gasteiger partial charge >= 0.3 is 11.9 Å². The van der Waals surface area contributed by atoms with Gasteiger partial charge in [-0.05, 0) is 111 Å². The Labute approximate surface area is 421 Å². The first-order valence-electron chi connectivity index (χ1n) is 30.9. The second-order valence-corrected chi connectivity index (χ2v) is 23.9. The Balaban J connectivity index is 1.28. The highest BCUT2D eigenvalue weighted by Gasteiger charge is 2.34. The quantitative estimate of drug-likeness (QED) is 0.0510. The molecule has 0 bridgehead atoms. The molecule has 4 aliphatic carbocycles. The average Bonchev–Trinajstić information content (AvgIpc) is 3.38. The zero-order valence-corrected chi connectivity index (χ0v) is 45.4. The molecule has 390 valence electrons. The van der Waals surface area contributed by atoms with E-state index in [0.717, 1.165) is 75.0 Å². The van der Waals surface area contributed by atoms with Gasteiger partial charge in [0.1, 0.15) is 12.2 Å². The molecule has 0 amide bonds. The molecular weight excluding hydrogens is 833 g/mol. The zero-order valence-electron chi connectivity index (χ0n) is 45.4. The van der Waals surface area contributed by atoms with Gasteiger partial charge in [-0.1, -0.05) is 258 Å². The van der Waals surface area contributed by atoms with Crippen LogP contribution in [0.15, 0.2) is 24.3 Å². The van der Waals surface area contributed by atoms with Gasteiger partial charge in [0, 0.05) is 0 Å². The van der Waals surface area contributed by atoms with Gasteiger partial charge in [-0.15, -0.1) is 0 Å². The van der Waals surface area contributed by atoms with E-state index < -0.39 is 0 Å². The molecule has 4 heteroatoms. The molecule has 4 aliphatic rings. The highest BCUT2D eigenvalue weighted by molar-refractivity contribution is 6.03. The second-order valence-electron chi connectivity index (χ2n) is 23.9. The smallest absolute Gasteiger partial charge is 0.339 e. The van der Waals surface area contributed by atoms with Crippen LogP contribution >= 0.6 is 0 Å². The number of hydrogen-bond donors (Lipinski definition) is 0. The van der Waals surface area contributed by atoms with Crippen molar-refractivity contribution < 1.29 is 19.1 Å². The molecule has 5 rings (SSSR count). The summed E-state index contributed by atoms with van der Waals surface area (Å²) in [4.78, 5) is 29.3. The third-order valence-electron chi connectivity index (χ3n) is 18.7. The summed E-state index contributed by atoms with van der Waals surface area (Å²) in [6.07, 6.45) is 54.4. The Morgan fingerprint density at radius 1 is 0.397 bits per heavy atom. The molecule has 0 aromatic heterocycles. The molecule has 68 heavy (non-hydrogen) atoms. The van der Waals surface area contributed by atoms with Gasteiger partial charge in [0.25, 0.3) is 0 Å². The van der Waals surface area contributed by atoms with Crippen LogP contribution in [0, 0.1) is 47.3 Å². The van der Waals surface area contributed by atoms with Gasteiger partial charge in [0.2, 0.25) is 0 Å². The Bertz CT molecular complexity index is 1320. The molecule has 0 heterocycles. The molecule has 4 nitrogen and oxygen atoms in total. The van der Waals surface area contributed by atoms with Crippen molar-refractivity contribution in [2.75, 3.05) is 0 Å². The maximum absolute atomic E-state index is 14.6. The SMILES string of the molecule is CCCCC(CCC)C(CCCCC1CCCCC1)CCC(OC(=O)c1ccccc1C(=O)OC(CCC(CCCCC1CCCCC1)C(CCC)CCCC)C1CCCCC1)C1CCCCC1. The number of ether oxygens (including phenoxy) is 2. The summed E-state index contributed by atoms with van der Waals surface area (Å²) in [6.45, 7) is 9.44. The lowest BCUT2D eigenvalue weighted by Gasteiger charge is -2.34. The summed E-state index contributed by atoms with van der Waals surface area (Å²) in [5, 5.41) is 0. The van der Waals surface area contributed by atoms with E-state index >= 15 is 0 Å². The minimum atomic E-state index is -0.311. The lowest BCUT2D eigenvalue weighted by molar-refractivity contribution is -0.00281. The molecule has 0 spiro atoms. The van der Waals surface area contributed by atoms with Crippen molar-refractivity contribution in [3.8, 4) is 0 Å². The van der Waals surface area contributed by atoms with E-state index in [2.05, 4.69) is 27.7 Å². The molecule has 4 saturated carbocycles. The predicted molar refractivity (Wildman–Crippen MR) is 289 cm³/mol. The van der Waals surface area contributed by atoms with E-state index in [9.17, 15) is 9.59 Å². The van der Waals surface area contributed by atoms with Crippen molar-refractivity contribution in [1.29, 1.82) is 0 Å². The van der Waals surface area contributed by atoms with Gasteiger partial charge in [0.05, 0.1) is 11.1 Å². The first-order chi connectivity index (χ1) is 33.4. The van der Waals surface area contributed by atoms with Gasteiger partial charge in [-0.25, -0.2) is 9.59 Å². The summed E-state index contributed by atoms with van der Waals surface area (Å²) in [5.74, 6) is 5.03. The van der Waals surface area contributed by atoms with Crippen LogP contribution in [0.2, 0.25) is 0 Å². The molecule has 0 radical (unpaired) electrons. The first-order valence-corrected chi connectivity index (χ1v) is 30.9. The van der Waals surface area contributed by atoms with E-state index in [4.69, 9.17) is 9.47 Å². The molecule has 6 unspecified atom stereocenters. The fraction of sp³-hybridized carbons (Fsp3) is 0.875. The number of rotatable bonds is 34. The van der Waals surface area contributed by atoms with E-state index in [1.54, 1.807) is 0 Å². The summed E-state index contributed by atoms with van der Waals surface area (Å²) < 4.78 is 13.5. The van der Waals surface area contributed by atoms with Crippen molar-refractivity contribution in [2.45, 2.75) is 310 Å². The molecule has 0 aliphatic heterocycles. The summed E-state index contributed by atoms with van der Waals surface area (Å²) in [7, 11) is 0. The van der Waals surface area contributed by atoms with E-state index in [1.807, 2.05) is 24.3 Å². The average molecular weight is 944 g/mol. The van der Waals surface area contributed by atoms with Crippen LogP contribution in [0.3, 0.4) is 0 Å². The minimum Gasteiger partial charge on any atom is -0.458 e. The molecule has 1 aromatic rings. The number of benzene rings is 1. The van der Waals surface area contributed by atoms with Crippen LogP contribution in [-0.4, -0.2) is 24.1 Å². The van der Waals surface area contributed by atoms with Gasteiger partial charge in [-0.2, -0.15) is 0 Å². The molecule has 6 atom stereocenters. The largest absolute Gasteiger partial charge is 0.458 e. The third-order valence-corrected chi connectivity index (χ3v) is 18.7. The highest BCUT2D eigenvalue weighted by atomic mass is 16.6. The maximum Gasteiger partial charge on any atom is 0.339 e. The Morgan fingerprint density at radius 3 is 1.09 bits per heavy atom. The Morgan fingerprint density at radius 2 is 0.735 bits per heavy atom. The van der Waals surface area contributed by atoms with Crippen LogP contribution in [0.5, 0.6) is 0 Å². The van der Waals surface area contributed by atoms with E-state index in [0.29, 0.717) is 34.8 Å². The number of unbranched alkanes of at least 4 members (excludes halogenated alkanes) is 4. The first kappa shape index (κ1) is 57.1. The van der Waals surface area contributed by atoms with Crippen LogP contribution in [0.4, 0.5) is 0 Å². The van der Waals surface area contributed by atoms with Crippen molar-refractivity contribution in [3.05, 3.63) is 35.4 Å². The Kier molecular flexibility index (Phi) is 29.0. The topological polar surface area (TPSA) is 52.6 Å². The summed E-state index contributed by atoms with van der Waals surface area (Å²) >= 11 is 0. The fourth-order valence-corrected chi connectivity index (χ4v) is 14.6. The Hall–Kier alpha value is -1.84. The van der Waals surface area contributed by atoms with E-state index in [-0.39, 0.29) is 24.1 Å². The van der Waals surface area contributed by atoms with Crippen LogP contribution in [0.1, 0.15) is 318 Å². The van der Waals surface area contributed by atoms with Crippen molar-refractivity contribution in [2.24, 2.45) is 47.3 Å². The van der Waals surface area contributed by atoms with Crippen LogP contribution < -0.4 is 0 Å². The van der Waals surface area contributed by atoms with Crippen molar-refractivity contribution in [1.82, 2.24) is 0 Å². The van der Waals surface area contributed by atoms with Crippen LogP contribution in [0.25, 0.3) is 0 Å². The second kappa shape index (κ2) is 34.5. The monoisotopic (exact) mass is 943 g/mol. The standard InChI is InChI=1S/C64H110O4/c1-5-9-37-53(29-7-3)55(39-25-23-35-51-31-15-11-16-32-51)47-49-61(57-41-19-13-20-42-57)67-63(65)59-45-27-28-46-60(59)64(66)68-62(58-43-21-14-22-44-58)50-48-56(54(30-8-4)38-10-6-2)40-26-24-36-52-33-17-12-18-34-52/h27-28,45-46,51-58,61-62H,5-26,29-44,47-50H2,1-4H3. The molecule has 4 fully saturated rings. The van der Waals surface area contributed by atoms with E-state index in [1.165, 1.54) is 218 Å². The predicted octanol–water partition coefficient (Wildman–Crippen LogP) is 20.2. The zero-order chi connectivity index (χ0) is 48.0. The van der Waals surface area contributed by atoms with Crippen molar-refractivity contribution in [3.63, 3.8) is 0 Å². The molecular formula is C64H110O4. The van der Waals surface area contributed by atoms with Gasteiger partial charge in [-0.3, -0.25) is 0 Å². The molecule has 0 saturated heterocycles. The number of hydrogen-bond acceptors (Lipinski definition) is 4. The lowest BCUT2D eigenvalue weighted by Crippen LogP contribution is -2.32. The number of carbonyl (C=O) groups excluding carboxylic acids is 2. The van der Waals surface area contributed by atoms with Crippen molar-refractivity contribution >= 4 is 11.9 Å². The van der Waals surface area contributed by atoms with Gasteiger partial charge < -0.3 is 9.47 Å². The third kappa shape index (κ3) is 20.7. The van der Waals surface area contributed by atoms with Gasteiger partial charge in [0.15, 0.2) is 0 Å². The lowest BCUT2D eigenvalue weighted by atomic mass is 9.76. The summed E-state index contributed by atoms with van der Waals surface area (Å²) in [5.41, 5.74) is 0.815. The minimum absolute atomic E-state index is 0.0940. The molecule has 0 N–H and O–H groups in total. The highest BCUT2D eigenvalue weighted by Crippen LogP contribution is 2.40. The normalized spacial score (nSPS) is 20.9. The maximum atomic E-state index is 14.6. The number of carbonyl (C=O) groups is 2. The van der Waals surface area contributed by atoms with Crippen LogP contribution in [-0.2, 0) is 9.47 Å². The summed E-state index contributed by atoms with van der Waals surface area (Å²) in [6, 6.07) is 7.51.